The van der Waals surface area contributed by atoms with Gasteiger partial charge in [0.25, 0.3) is 0 Å². The first-order valence-corrected chi connectivity index (χ1v) is 5.43. The number of carbonyl (C=O) groups is 1. The number of carbonyl (C=O) groups excluding carboxylic acids is 1. The number of hydrogen-bond donors (Lipinski definition) is 1. The zero-order valence-corrected chi connectivity index (χ0v) is 10.4. The summed E-state index contributed by atoms with van der Waals surface area (Å²) in [5, 5.41) is 2.73. The van der Waals surface area contributed by atoms with E-state index in [0.717, 1.165) is 0 Å². The molecule has 0 aromatic heterocycles. The summed E-state index contributed by atoms with van der Waals surface area (Å²) < 4.78 is 11.1. The number of nitrogens with one attached hydrogen (secondary N) is 1. The molecule has 0 bridgehead atoms. The van der Waals surface area contributed by atoms with Gasteiger partial charge in [0, 0.05) is 13.5 Å². The molecular weight excluding hydrogens is 194 g/mol. The highest BCUT2D eigenvalue weighted by Gasteiger charge is 2.12. The molecule has 0 radical (unpaired) electrons. The molecule has 1 atom stereocenters. The zero-order chi connectivity index (χ0) is 11.8. The van der Waals surface area contributed by atoms with E-state index in [-0.39, 0.29) is 24.2 Å². The van der Waals surface area contributed by atoms with Crippen LogP contribution in [0.2, 0.25) is 0 Å². The maximum atomic E-state index is 10.8. The van der Waals surface area contributed by atoms with E-state index in [2.05, 4.69) is 5.32 Å². The second kappa shape index (κ2) is 7.65. The highest BCUT2D eigenvalue weighted by atomic mass is 16.5. The van der Waals surface area contributed by atoms with Crippen molar-refractivity contribution >= 4 is 5.91 Å². The maximum Gasteiger partial charge on any atom is 0.216 e. The summed E-state index contributed by atoms with van der Waals surface area (Å²) in [6, 6.07) is 0. The first-order valence-electron chi connectivity index (χ1n) is 5.43. The quantitative estimate of drug-likeness (QED) is 0.700. The van der Waals surface area contributed by atoms with Gasteiger partial charge in [-0.05, 0) is 27.7 Å². The van der Waals surface area contributed by atoms with E-state index in [1.165, 1.54) is 6.92 Å². The molecule has 0 aliphatic heterocycles. The molecule has 0 aromatic carbocycles. The molecule has 4 nitrogen and oxygen atoms in total. The fraction of sp³-hybridized carbons (Fsp3) is 0.909. The van der Waals surface area contributed by atoms with Crippen molar-refractivity contribution in [2.24, 2.45) is 0 Å². The molecule has 1 amide bonds. The SMILES string of the molecule is CC(=O)NCC(COC(C)C)OC(C)C. The fourth-order valence-corrected chi connectivity index (χ4v) is 1.09. The van der Waals surface area contributed by atoms with Crippen LogP contribution in [-0.4, -0.2) is 37.4 Å². The van der Waals surface area contributed by atoms with Crippen LogP contribution in [0.3, 0.4) is 0 Å². The van der Waals surface area contributed by atoms with Crippen LogP contribution in [-0.2, 0) is 14.3 Å². The number of amides is 1. The summed E-state index contributed by atoms with van der Waals surface area (Å²) in [6.07, 6.45) is 0.247. The van der Waals surface area contributed by atoms with Crippen LogP contribution in [0.4, 0.5) is 0 Å². The van der Waals surface area contributed by atoms with Gasteiger partial charge in [-0.1, -0.05) is 0 Å². The van der Waals surface area contributed by atoms with Crippen LogP contribution in [0.1, 0.15) is 34.6 Å². The Labute approximate surface area is 92.3 Å². The molecule has 0 rings (SSSR count). The van der Waals surface area contributed by atoms with Gasteiger partial charge in [0.05, 0.1) is 24.9 Å². The lowest BCUT2D eigenvalue weighted by Crippen LogP contribution is -2.37. The average molecular weight is 217 g/mol. The van der Waals surface area contributed by atoms with Crippen LogP contribution in [0.25, 0.3) is 0 Å². The average Bonchev–Trinajstić information content (AvgIpc) is 2.08. The molecule has 1 N–H and O–H groups in total. The second-order valence-corrected chi connectivity index (χ2v) is 4.13. The smallest absolute Gasteiger partial charge is 0.216 e. The summed E-state index contributed by atoms with van der Waals surface area (Å²) in [6.45, 7) is 10.4. The molecule has 15 heavy (non-hydrogen) atoms. The number of hydrogen-bond acceptors (Lipinski definition) is 3. The van der Waals surface area contributed by atoms with Crippen molar-refractivity contribution in [3.63, 3.8) is 0 Å². The van der Waals surface area contributed by atoms with Crippen molar-refractivity contribution < 1.29 is 14.3 Å². The van der Waals surface area contributed by atoms with Crippen molar-refractivity contribution in [1.82, 2.24) is 5.32 Å². The summed E-state index contributed by atoms with van der Waals surface area (Å²) in [7, 11) is 0. The van der Waals surface area contributed by atoms with E-state index >= 15 is 0 Å². The standard InChI is InChI=1S/C11H23NO3/c1-8(2)14-7-11(15-9(3)4)6-12-10(5)13/h8-9,11H,6-7H2,1-5H3,(H,12,13). The normalized spacial score (nSPS) is 13.3. The van der Waals surface area contributed by atoms with Gasteiger partial charge in [-0.3, -0.25) is 4.79 Å². The minimum absolute atomic E-state index is 0.0445. The Bertz CT molecular complexity index is 181. The van der Waals surface area contributed by atoms with Gasteiger partial charge in [-0.2, -0.15) is 0 Å². The van der Waals surface area contributed by atoms with E-state index < -0.39 is 0 Å². The van der Waals surface area contributed by atoms with Crippen LogP contribution in [0.15, 0.2) is 0 Å². The largest absolute Gasteiger partial charge is 0.376 e. The van der Waals surface area contributed by atoms with Gasteiger partial charge < -0.3 is 14.8 Å². The fourth-order valence-electron chi connectivity index (χ4n) is 1.09. The third-order valence-electron chi connectivity index (χ3n) is 1.66. The van der Waals surface area contributed by atoms with Crippen molar-refractivity contribution in [1.29, 1.82) is 0 Å². The van der Waals surface area contributed by atoms with Crippen LogP contribution in [0.5, 0.6) is 0 Å². The predicted molar refractivity (Wildman–Crippen MR) is 59.8 cm³/mol. The van der Waals surface area contributed by atoms with Crippen LogP contribution in [0, 0.1) is 0 Å². The molecule has 0 saturated heterocycles. The van der Waals surface area contributed by atoms with Crippen molar-refractivity contribution in [3.05, 3.63) is 0 Å². The second-order valence-electron chi connectivity index (χ2n) is 4.13. The molecule has 0 heterocycles. The molecule has 90 valence electrons. The molecule has 0 saturated carbocycles. The minimum Gasteiger partial charge on any atom is -0.376 e. The van der Waals surface area contributed by atoms with E-state index in [1.807, 2.05) is 27.7 Å². The Morgan fingerprint density at radius 1 is 1.20 bits per heavy atom. The monoisotopic (exact) mass is 217 g/mol. The lowest BCUT2D eigenvalue weighted by molar-refractivity contribution is -0.120. The van der Waals surface area contributed by atoms with Crippen LogP contribution >= 0.6 is 0 Å². The molecule has 0 aliphatic carbocycles. The molecule has 1 unspecified atom stereocenters. The van der Waals surface area contributed by atoms with E-state index in [1.54, 1.807) is 0 Å². The van der Waals surface area contributed by atoms with Gasteiger partial charge in [0.15, 0.2) is 0 Å². The zero-order valence-electron chi connectivity index (χ0n) is 10.4. The van der Waals surface area contributed by atoms with Gasteiger partial charge in [0.1, 0.15) is 0 Å². The van der Waals surface area contributed by atoms with Crippen molar-refractivity contribution in [2.45, 2.75) is 52.9 Å². The molecular formula is C11H23NO3. The Hall–Kier alpha value is -0.610. The molecule has 0 aliphatic rings. The first-order chi connectivity index (χ1) is 6.91. The molecule has 0 aromatic rings. The first kappa shape index (κ1) is 14.4. The van der Waals surface area contributed by atoms with Gasteiger partial charge in [-0.15, -0.1) is 0 Å². The maximum absolute atomic E-state index is 10.8. The highest BCUT2D eigenvalue weighted by molar-refractivity contribution is 5.72. The Morgan fingerprint density at radius 3 is 2.20 bits per heavy atom. The summed E-state index contributed by atoms with van der Waals surface area (Å²) in [4.78, 5) is 10.8. The molecule has 0 spiro atoms. The van der Waals surface area contributed by atoms with Crippen LogP contribution < -0.4 is 5.32 Å². The third-order valence-corrected chi connectivity index (χ3v) is 1.66. The van der Waals surface area contributed by atoms with Gasteiger partial charge >= 0.3 is 0 Å². The summed E-state index contributed by atoms with van der Waals surface area (Å²) in [5.74, 6) is -0.0445. The number of rotatable bonds is 7. The van der Waals surface area contributed by atoms with Crippen molar-refractivity contribution in [2.75, 3.05) is 13.2 Å². The lowest BCUT2D eigenvalue weighted by Gasteiger charge is -2.21. The third kappa shape index (κ3) is 9.69. The summed E-state index contributed by atoms with van der Waals surface area (Å²) >= 11 is 0. The molecule has 4 heteroatoms. The van der Waals surface area contributed by atoms with Gasteiger partial charge in [0.2, 0.25) is 5.91 Å². The van der Waals surface area contributed by atoms with Gasteiger partial charge in [-0.25, -0.2) is 0 Å². The van der Waals surface area contributed by atoms with E-state index in [4.69, 9.17) is 9.47 Å². The van der Waals surface area contributed by atoms with Crippen molar-refractivity contribution in [3.8, 4) is 0 Å². The number of ether oxygens (including phenoxy) is 2. The Morgan fingerprint density at radius 2 is 1.80 bits per heavy atom. The minimum atomic E-state index is -0.0729. The topological polar surface area (TPSA) is 47.6 Å². The predicted octanol–water partition coefficient (Wildman–Crippen LogP) is 1.34. The van der Waals surface area contributed by atoms with E-state index in [9.17, 15) is 4.79 Å². The highest BCUT2D eigenvalue weighted by Crippen LogP contribution is 2.00. The lowest BCUT2D eigenvalue weighted by atomic mass is 10.3. The summed E-state index contributed by atoms with van der Waals surface area (Å²) in [5.41, 5.74) is 0. The Kier molecular flexibility index (Phi) is 7.34. The Balaban J connectivity index is 3.89. The molecule has 0 fully saturated rings. The van der Waals surface area contributed by atoms with E-state index in [0.29, 0.717) is 13.2 Å².